The van der Waals surface area contributed by atoms with Gasteiger partial charge in [0, 0.05) is 68.8 Å². The first-order valence-electron chi connectivity index (χ1n) is 14.5. The molecule has 5 heterocycles. The van der Waals surface area contributed by atoms with Gasteiger partial charge in [-0.15, -0.1) is 11.3 Å². The van der Waals surface area contributed by atoms with Crippen molar-refractivity contribution < 1.29 is 26.4 Å². The molecule has 3 aliphatic rings. The summed E-state index contributed by atoms with van der Waals surface area (Å²) in [5, 5.41) is 1.05. The minimum atomic E-state index is -3.89. The zero-order chi connectivity index (χ0) is 31.6. The standard InChI is InChI=1S/C27H38ClN7O6S3/c1-31-17-25(29-19-31)44(40,41)32(2)20-9-13-33(15-20)16-21-5-3-12-35(21)26(36)18-34-11-4-6-23(27(34)37)30-43(38,39)14-10-22-7-8-24(28)42-22/h7-8,10,14,17,19-21,23,30H,3-6,9,11-13,15-16,18H2,1-2H3/b14-10+/t20?,21-,23-/m0/s1. The normalized spacial score (nSPS) is 23.9. The van der Waals surface area contributed by atoms with Gasteiger partial charge in [0.25, 0.3) is 10.0 Å². The summed E-state index contributed by atoms with van der Waals surface area (Å²) < 4.78 is 57.4. The maximum Gasteiger partial charge on any atom is 0.262 e. The van der Waals surface area contributed by atoms with E-state index in [0.29, 0.717) is 61.2 Å². The summed E-state index contributed by atoms with van der Waals surface area (Å²) >= 11 is 7.15. The predicted octanol–water partition coefficient (Wildman–Crippen LogP) is 1.40. The van der Waals surface area contributed by atoms with Gasteiger partial charge in [0.15, 0.2) is 5.03 Å². The van der Waals surface area contributed by atoms with Crippen molar-refractivity contribution in [3.8, 4) is 0 Å². The van der Waals surface area contributed by atoms with Crippen LogP contribution in [0, 0.1) is 0 Å². The highest BCUT2D eigenvalue weighted by molar-refractivity contribution is 7.92. The van der Waals surface area contributed by atoms with Gasteiger partial charge >= 0.3 is 0 Å². The molecule has 242 valence electrons. The van der Waals surface area contributed by atoms with E-state index in [1.54, 1.807) is 30.8 Å². The molecule has 3 aliphatic heterocycles. The second-order valence-electron chi connectivity index (χ2n) is 11.5. The number of aryl methyl sites for hydroxylation is 1. The van der Waals surface area contributed by atoms with Crippen LogP contribution in [0.2, 0.25) is 4.34 Å². The fourth-order valence-corrected chi connectivity index (χ4v) is 9.47. The third-order valence-electron chi connectivity index (χ3n) is 8.42. The van der Waals surface area contributed by atoms with Crippen LogP contribution >= 0.6 is 22.9 Å². The molecule has 17 heteroatoms. The van der Waals surface area contributed by atoms with E-state index in [-0.39, 0.29) is 29.6 Å². The van der Waals surface area contributed by atoms with Crippen LogP contribution in [0.5, 0.6) is 0 Å². The Bertz CT molecular complexity index is 1610. The van der Waals surface area contributed by atoms with Gasteiger partial charge < -0.3 is 14.4 Å². The minimum absolute atomic E-state index is 0.0241. The number of halogens is 1. The summed E-state index contributed by atoms with van der Waals surface area (Å²) in [5.41, 5.74) is 0. The Labute approximate surface area is 267 Å². The topological polar surface area (TPSA) is 145 Å². The third-order valence-corrected chi connectivity index (χ3v) is 12.5. The molecular weight excluding hydrogens is 650 g/mol. The molecule has 0 radical (unpaired) electrons. The van der Waals surface area contributed by atoms with Gasteiger partial charge in [0.05, 0.1) is 17.2 Å². The van der Waals surface area contributed by atoms with Gasteiger partial charge in [-0.25, -0.2) is 21.8 Å². The molecule has 2 amide bonds. The molecule has 0 aliphatic carbocycles. The first kappa shape index (κ1) is 33.0. The number of piperidine rings is 1. The van der Waals surface area contributed by atoms with Crippen LogP contribution in [-0.2, 0) is 36.7 Å². The second kappa shape index (κ2) is 13.6. The van der Waals surface area contributed by atoms with Crippen molar-refractivity contribution in [2.24, 2.45) is 7.05 Å². The number of aromatic nitrogens is 2. The fourth-order valence-electron chi connectivity index (χ4n) is 6.07. The van der Waals surface area contributed by atoms with Crippen molar-refractivity contribution >= 4 is 60.9 Å². The van der Waals surface area contributed by atoms with Crippen LogP contribution in [0.25, 0.3) is 6.08 Å². The number of carbonyl (C=O) groups excluding carboxylic acids is 2. The van der Waals surface area contributed by atoms with Crippen LogP contribution in [-0.4, -0.2) is 122 Å². The lowest BCUT2D eigenvalue weighted by molar-refractivity contribution is -0.143. The summed E-state index contributed by atoms with van der Waals surface area (Å²) in [5.74, 6) is -0.569. The van der Waals surface area contributed by atoms with E-state index in [2.05, 4.69) is 14.6 Å². The van der Waals surface area contributed by atoms with Gasteiger partial charge in [-0.3, -0.25) is 14.5 Å². The molecular formula is C27H38ClN7O6S3. The number of nitrogens with zero attached hydrogens (tertiary/aromatic N) is 6. The second-order valence-corrected chi connectivity index (χ2v) is 16.8. The van der Waals surface area contributed by atoms with Crippen molar-refractivity contribution in [2.45, 2.75) is 55.3 Å². The number of rotatable bonds is 11. The Morgan fingerprint density at radius 2 is 1.93 bits per heavy atom. The summed E-state index contributed by atoms with van der Waals surface area (Å²) in [6, 6.07) is 2.21. The van der Waals surface area contributed by atoms with Crippen molar-refractivity contribution in [2.75, 3.05) is 46.3 Å². The third kappa shape index (κ3) is 7.71. The van der Waals surface area contributed by atoms with Gasteiger partial charge in [-0.1, -0.05) is 11.6 Å². The predicted molar refractivity (Wildman–Crippen MR) is 168 cm³/mol. The zero-order valence-electron chi connectivity index (χ0n) is 24.7. The molecule has 2 aromatic rings. The number of sulfonamides is 2. The van der Waals surface area contributed by atoms with Crippen LogP contribution in [0.4, 0.5) is 0 Å². The molecule has 0 bridgehead atoms. The highest BCUT2D eigenvalue weighted by Crippen LogP contribution is 2.26. The van der Waals surface area contributed by atoms with E-state index < -0.39 is 32.0 Å². The summed E-state index contributed by atoms with van der Waals surface area (Å²) in [4.78, 5) is 36.8. The van der Waals surface area contributed by atoms with Crippen molar-refractivity contribution in [1.29, 1.82) is 0 Å². The van der Waals surface area contributed by atoms with E-state index in [1.807, 2.05) is 4.90 Å². The maximum atomic E-state index is 13.4. The number of nitrogens with one attached hydrogen (secondary N) is 1. The smallest absolute Gasteiger partial charge is 0.262 e. The molecule has 13 nitrogen and oxygen atoms in total. The molecule has 1 N–H and O–H groups in total. The number of hydrogen-bond acceptors (Lipinski definition) is 9. The molecule has 44 heavy (non-hydrogen) atoms. The van der Waals surface area contributed by atoms with Crippen molar-refractivity contribution in [3.05, 3.63) is 39.3 Å². The number of carbonyl (C=O) groups is 2. The highest BCUT2D eigenvalue weighted by atomic mass is 35.5. The van der Waals surface area contributed by atoms with Gasteiger partial charge in [0.2, 0.25) is 21.8 Å². The monoisotopic (exact) mass is 687 g/mol. The Balaban J connectivity index is 1.14. The van der Waals surface area contributed by atoms with Crippen LogP contribution in [0.1, 0.15) is 37.0 Å². The lowest BCUT2D eigenvalue weighted by Crippen LogP contribution is -2.55. The molecule has 3 saturated heterocycles. The maximum absolute atomic E-state index is 13.4. The van der Waals surface area contributed by atoms with Gasteiger partial charge in [-0.05, 0) is 56.9 Å². The van der Waals surface area contributed by atoms with E-state index in [1.165, 1.54) is 39.1 Å². The van der Waals surface area contributed by atoms with E-state index >= 15 is 0 Å². The molecule has 2 aromatic heterocycles. The lowest BCUT2D eigenvalue weighted by Gasteiger charge is -2.34. The molecule has 0 saturated carbocycles. The summed E-state index contributed by atoms with van der Waals surface area (Å²) in [7, 11) is -4.29. The Morgan fingerprint density at radius 1 is 1.16 bits per heavy atom. The van der Waals surface area contributed by atoms with E-state index in [0.717, 1.165) is 18.2 Å². The van der Waals surface area contributed by atoms with E-state index in [9.17, 15) is 26.4 Å². The molecule has 3 atom stereocenters. The number of likely N-dealkylation sites (tertiary alicyclic amines) is 3. The minimum Gasteiger partial charge on any atom is -0.339 e. The number of thiophene rings is 1. The van der Waals surface area contributed by atoms with Crippen LogP contribution in [0.15, 0.2) is 35.1 Å². The molecule has 1 unspecified atom stereocenters. The van der Waals surface area contributed by atoms with Crippen LogP contribution in [0.3, 0.4) is 0 Å². The molecule has 3 fully saturated rings. The van der Waals surface area contributed by atoms with Crippen molar-refractivity contribution in [3.63, 3.8) is 0 Å². The first-order chi connectivity index (χ1) is 20.8. The average molecular weight is 688 g/mol. The summed E-state index contributed by atoms with van der Waals surface area (Å²) in [6.07, 6.45) is 7.67. The Kier molecular flexibility index (Phi) is 10.2. The first-order valence-corrected chi connectivity index (χ1v) is 18.7. The lowest BCUT2D eigenvalue weighted by atomic mass is 10.1. The fraction of sp³-hybridized carbons (Fsp3) is 0.593. The number of likely N-dealkylation sites (N-methyl/N-ethyl adjacent to an activating group) is 1. The SMILES string of the molecule is CN(C1CCN(C[C@@H]2CCCN2C(=O)CN2CCC[C@H](NS(=O)(=O)/C=C/c3ccc(Cl)s3)C2=O)C1)S(=O)(=O)c1cn(C)cn1. The molecule has 0 aromatic carbocycles. The average Bonchev–Trinajstić information content (AvgIpc) is 3.78. The number of hydrogen-bond donors (Lipinski definition) is 1. The van der Waals surface area contributed by atoms with Crippen molar-refractivity contribution in [1.82, 2.24) is 33.3 Å². The van der Waals surface area contributed by atoms with Crippen LogP contribution < -0.4 is 4.72 Å². The summed E-state index contributed by atoms with van der Waals surface area (Å²) in [6.45, 7) is 2.76. The quantitative estimate of drug-likeness (QED) is 0.373. The number of imidazole rings is 1. The number of amides is 2. The highest BCUT2D eigenvalue weighted by Gasteiger charge is 2.38. The van der Waals surface area contributed by atoms with Gasteiger partial charge in [-0.2, -0.15) is 9.03 Å². The Morgan fingerprint density at radius 3 is 2.64 bits per heavy atom. The van der Waals surface area contributed by atoms with E-state index in [4.69, 9.17) is 11.6 Å². The molecule has 0 spiro atoms. The Hall–Kier alpha value is -2.34. The molecule has 5 rings (SSSR count). The van der Waals surface area contributed by atoms with Gasteiger partial charge in [0.1, 0.15) is 6.04 Å². The zero-order valence-corrected chi connectivity index (χ0v) is 27.9. The largest absolute Gasteiger partial charge is 0.339 e.